The van der Waals surface area contributed by atoms with E-state index in [1.807, 2.05) is 6.92 Å². The van der Waals surface area contributed by atoms with E-state index in [1.165, 1.54) is 4.88 Å². The van der Waals surface area contributed by atoms with E-state index in [1.54, 1.807) is 36.7 Å². The maximum atomic E-state index is 13.3. The molecule has 0 saturated carbocycles. The summed E-state index contributed by atoms with van der Waals surface area (Å²) in [4.78, 5) is 32.7. The summed E-state index contributed by atoms with van der Waals surface area (Å²) >= 11 is 1.64. The van der Waals surface area contributed by atoms with Gasteiger partial charge >= 0.3 is 5.97 Å². The van der Waals surface area contributed by atoms with E-state index in [0.29, 0.717) is 24.2 Å². The molecule has 1 aliphatic rings. The second kappa shape index (κ2) is 6.31. The Labute approximate surface area is 145 Å². The van der Waals surface area contributed by atoms with Gasteiger partial charge in [-0.05, 0) is 52.0 Å². The van der Waals surface area contributed by atoms with Crippen LogP contribution in [-0.2, 0) is 34.3 Å². The van der Waals surface area contributed by atoms with Crippen LogP contribution >= 0.6 is 11.3 Å². The van der Waals surface area contributed by atoms with Crippen molar-refractivity contribution in [1.29, 1.82) is 0 Å². The maximum Gasteiger partial charge on any atom is 0.331 e. The summed E-state index contributed by atoms with van der Waals surface area (Å²) in [5.74, 6) is 0.283. The molecule has 0 saturated heterocycles. The molecule has 0 aliphatic heterocycles. The number of nitrogens with zero attached hydrogens (tertiary/aromatic N) is 2. The standard InChI is InChI=1S/C18H24N2O3S/c1-5-8-13-19-15-14(11-9-7-10-12(11)24-15)16(21)20(13)18(3,4)17(22)23-6-2/h5-10H2,1-4H3. The van der Waals surface area contributed by atoms with Gasteiger partial charge in [-0.3, -0.25) is 9.36 Å². The number of hydrogen-bond donors (Lipinski definition) is 0. The van der Waals surface area contributed by atoms with Crippen LogP contribution in [-0.4, -0.2) is 22.1 Å². The third-order valence-corrected chi connectivity index (χ3v) is 5.80. The lowest BCUT2D eigenvalue weighted by Gasteiger charge is -2.27. The average molecular weight is 348 g/mol. The molecule has 5 nitrogen and oxygen atoms in total. The highest BCUT2D eigenvalue weighted by atomic mass is 32.1. The first-order valence-electron chi connectivity index (χ1n) is 8.65. The summed E-state index contributed by atoms with van der Waals surface area (Å²) in [7, 11) is 0. The number of aromatic nitrogens is 2. The van der Waals surface area contributed by atoms with E-state index in [0.717, 1.165) is 36.1 Å². The lowest BCUT2D eigenvalue weighted by atomic mass is 10.0. The topological polar surface area (TPSA) is 61.2 Å². The van der Waals surface area contributed by atoms with Gasteiger partial charge in [0.2, 0.25) is 0 Å². The Bertz CT molecular complexity index is 848. The van der Waals surface area contributed by atoms with E-state index in [4.69, 9.17) is 9.72 Å². The third-order valence-electron chi connectivity index (χ3n) is 4.62. The molecule has 0 spiro atoms. The number of carbonyl (C=O) groups excluding carboxylic acids is 1. The van der Waals surface area contributed by atoms with Crippen molar-refractivity contribution in [2.24, 2.45) is 0 Å². The van der Waals surface area contributed by atoms with Crippen molar-refractivity contribution in [1.82, 2.24) is 9.55 Å². The summed E-state index contributed by atoms with van der Waals surface area (Å²) in [6.07, 6.45) is 4.58. The molecule has 0 amide bonds. The molecular weight excluding hydrogens is 324 g/mol. The van der Waals surface area contributed by atoms with Gasteiger partial charge in [-0.1, -0.05) is 6.92 Å². The first-order chi connectivity index (χ1) is 11.4. The number of hydrogen-bond acceptors (Lipinski definition) is 5. The number of esters is 1. The largest absolute Gasteiger partial charge is 0.464 e. The van der Waals surface area contributed by atoms with Gasteiger partial charge in [0.15, 0.2) is 0 Å². The van der Waals surface area contributed by atoms with E-state index in [9.17, 15) is 9.59 Å². The van der Waals surface area contributed by atoms with Crippen LogP contribution in [0.5, 0.6) is 0 Å². The van der Waals surface area contributed by atoms with E-state index in [-0.39, 0.29) is 5.56 Å². The quantitative estimate of drug-likeness (QED) is 0.779. The normalized spacial score (nSPS) is 14.2. The molecule has 0 aromatic carbocycles. The fourth-order valence-electron chi connectivity index (χ4n) is 3.45. The van der Waals surface area contributed by atoms with Gasteiger partial charge in [-0.2, -0.15) is 0 Å². The van der Waals surface area contributed by atoms with Crippen molar-refractivity contribution in [3.8, 4) is 0 Å². The number of fused-ring (bicyclic) bond motifs is 3. The highest BCUT2D eigenvalue weighted by molar-refractivity contribution is 7.18. The molecule has 0 unspecified atom stereocenters. The average Bonchev–Trinajstić information content (AvgIpc) is 3.07. The summed E-state index contributed by atoms with van der Waals surface area (Å²) in [6, 6.07) is 0. The molecule has 6 heteroatoms. The Hall–Kier alpha value is -1.69. The molecule has 0 bridgehead atoms. The van der Waals surface area contributed by atoms with E-state index in [2.05, 4.69) is 0 Å². The minimum absolute atomic E-state index is 0.0964. The maximum absolute atomic E-state index is 13.3. The van der Waals surface area contributed by atoms with Crippen LogP contribution in [0.15, 0.2) is 4.79 Å². The molecule has 2 aromatic rings. The third kappa shape index (κ3) is 2.57. The van der Waals surface area contributed by atoms with Crippen LogP contribution in [0.4, 0.5) is 0 Å². The Kier molecular flexibility index (Phi) is 4.51. The zero-order valence-corrected chi connectivity index (χ0v) is 15.6. The van der Waals surface area contributed by atoms with Crippen LogP contribution < -0.4 is 5.56 Å². The van der Waals surface area contributed by atoms with Crippen molar-refractivity contribution < 1.29 is 9.53 Å². The monoisotopic (exact) mass is 348 g/mol. The number of ether oxygens (including phenoxy) is 1. The Morgan fingerprint density at radius 1 is 1.33 bits per heavy atom. The van der Waals surface area contributed by atoms with Gasteiger partial charge in [-0.25, -0.2) is 9.78 Å². The number of carbonyl (C=O) groups is 1. The smallest absolute Gasteiger partial charge is 0.331 e. The van der Waals surface area contributed by atoms with Gasteiger partial charge in [0.05, 0.1) is 12.0 Å². The first-order valence-corrected chi connectivity index (χ1v) is 9.47. The predicted octanol–water partition coefficient (Wildman–Crippen LogP) is 3.20. The van der Waals surface area contributed by atoms with Gasteiger partial charge in [0, 0.05) is 11.3 Å². The molecule has 0 fully saturated rings. The fourth-order valence-corrected chi connectivity index (χ4v) is 4.72. The minimum Gasteiger partial charge on any atom is -0.464 e. The summed E-state index contributed by atoms with van der Waals surface area (Å²) < 4.78 is 6.78. The molecule has 130 valence electrons. The van der Waals surface area contributed by atoms with E-state index >= 15 is 0 Å². The molecule has 0 atom stereocenters. The van der Waals surface area contributed by atoms with Gasteiger partial charge in [-0.15, -0.1) is 11.3 Å². The van der Waals surface area contributed by atoms with Crippen LogP contribution in [0.2, 0.25) is 0 Å². The highest BCUT2D eigenvalue weighted by Gasteiger charge is 2.36. The first kappa shape index (κ1) is 17.1. The second-order valence-corrected chi connectivity index (χ2v) is 7.82. The van der Waals surface area contributed by atoms with Gasteiger partial charge in [0.25, 0.3) is 5.56 Å². The molecule has 1 aliphatic carbocycles. The fraction of sp³-hybridized carbons (Fsp3) is 0.611. The number of rotatable bonds is 5. The van der Waals surface area contributed by atoms with Crippen LogP contribution in [0.25, 0.3) is 10.2 Å². The van der Waals surface area contributed by atoms with Crippen molar-refractivity contribution in [3.05, 3.63) is 26.6 Å². The second-order valence-electron chi connectivity index (χ2n) is 6.74. The highest BCUT2D eigenvalue weighted by Crippen LogP contribution is 2.35. The lowest BCUT2D eigenvalue weighted by Crippen LogP contribution is -2.46. The Morgan fingerprint density at radius 2 is 2.08 bits per heavy atom. The zero-order valence-electron chi connectivity index (χ0n) is 14.8. The zero-order chi connectivity index (χ0) is 17.5. The molecule has 24 heavy (non-hydrogen) atoms. The molecular formula is C18H24N2O3S. The number of aryl methyl sites for hydroxylation is 3. The van der Waals surface area contributed by atoms with Crippen molar-refractivity contribution >= 4 is 27.5 Å². The van der Waals surface area contributed by atoms with Crippen molar-refractivity contribution in [3.63, 3.8) is 0 Å². The molecule has 2 heterocycles. The molecule has 0 N–H and O–H groups in total. The van der Waals surface area contributed by atoms with Crippen molar-refractivity contribution in [2.75, 3.05) is 6.61 Å². The molecule has 3 rings (SSSR count). The minimum atomic E-state index is -1.06. The summed E-state index contributed by atoms with van der Waals surface area (Å²) in [5, 5.41) is 0.713. The Morgan fingerprint density at radius 3 is 2.75 bits per heavy atom. The SMILES string of the molecule is CCCc1nc2sc3c(c2c(=O)n1C(C)(C)C(=O)OCC)CCC3. The molecule has 2 aromatic heterocycles. The summed E-state index contributed by atoms with van der Waals surface area (Å²) in [5.41, 5.74) is -0.0171. The van der Waals surface area contributed by atoms with Crippen LogP contribution in [0, 0.1) is 0 Å². The van der Waals surface area contributed by atoms with Gasteiger partial charge in [0.1, 0.15) is 16.2 Å². The predicted molar refractivity (Wildman–Crippen MR) is 95.9 cm³/mol. The number of thiophene rings is 1. The molecule has 0 radical (unpaired) electrons. The Balaban J connectivity index is 2.28. The van der Waals surface area contributed by atoms with E-state index < -0.39 is 11.5 Å². The van der Waals surface area contributed by atoms with Gasteiger partial charge < -0.3 is 4.74 Å². The van der Waals surface area contributed by atoms with Crippen molar-refractivity contribution in [2.45, 2.75) is 65.3 Å². The summed E-state index contributed by atoms with van der Waals surface area (Å²) in [6.45, 7) is 7.60. The lowest BCUT2D eigenvalue weighted by molar-refractivity contribution is -0.152. The van der Waals surface area contributed by atoms with Crippen LogP contribution in [0.1, 0.15) is 56.8 Å². The van der Waals surface area contributed by atoms with Crippen LogP contribution in [0.3, 0.4) is 0 Å².